The summed E-state index contributed by atoms with van der Waals surface area (Å²) >= 11 is 0. The number of Topliss-reactive ketones (excluding diaryl/α,β-unsaturated/α-hetero) is 1. The number of nitrogens with zero attached hydrogens (tertiary/aromatic N) is 1. The summed E-state index contributed by atoms with van der Waals surface area (Å²) in [6.07, 6.45) is 1.98. The van der Waals surface area contributed by atoms with Crippen molar-refractivity contribution in [3.05, 3.63) is 71.7 Å². The van der Waals surface area contributed by atoms with Gasteiger partial charge in [-0.3, -0.25) is 4.79 Å². The van der Waals surface area contributed by atoms with Gasteiger partial charge in [-0.1, -0.05) is 24.3 Å². The van der Waals surface area contributed by atoms with Gasteiger partial charge in [0.1, 0.15) is 5.82 Å². The third kappa shape index (κ3) is 2.35. The molecule has 3 heteroatoms. The highest BCUT2D eigenvalue weighted by molar-refractivity contribution is 5.97. The molecule has 0 aliphatic carbocycles. The Bertz CT molecular complexity index is 771. The second-order valence-electron chi connectivity index (χ2n) is 4.90. The van der Waals surface area contributed by atoms with Gasteiger partial charge < -0.3 is 4.57 Å². The lowest BCUT2D eigenvalue weighted by Crippen LogP contribution is -1.99. The molecule has 0 N–H and O–H groups in total. The number of benzene rings is 2. The topological polar surface area (TPSA) is 22.0 Å². The molecule has 1 heterocycles. The number of halogens is 1. The minimum atomic E-state index is -0.231. The van der Waals surface area contributed by atoms with Crippen LogP contribution in [0.5, 0.6) is 0 Å². The van der Waals surface area contributed by atoms with E-state index in [0.717, 1.165) is 16.5 Å². The highest BCUT2D eigenvalue weighted by Gasteiger charge is 2.05. The highest BCUT2D eigenvalue weighted by atomic mass is 19.1. The lowest BCUT2D eigenvalue weighted by molar-refractivity contribution is 0.101. The van der Waals surface area contributed by atoms with Crippen LogP contribution in [0.4, 0.5) is 4.39 Å². The van der Waals surface area contributed by atoms with Crippen LogP contribution in [0.2, 0.25) is 0 Å². The number of ketones is 1. The van der Waals surface area contributed by atoms with Crippen molar-refractivity contribution in [1.82, 2.24) is 4.57 Å². The predicted molar refractivity (Wildman–Crippen MR) is 77.4 cm³/mol. The molecule has 0 spiro atoms. The summed E-state index contributed by atoms with van der Waals surface area (Å²) in [5.74, 6) is -0.175. The summed E-state index contributed by atoms with van der Waals surface area (Å²) in [6.45, 7) is 2.22. The van der Waals surface area contributed by atoms with Crippen molar-refractivity contribution >= 4 is 16.7 Å². The first-order valence-corrected chi connectivity index (χ1v) is 6.48. The van der Waals surface area contributed by atoms with Crippen molar-refractivity contribution < 1.29 is 9.18 Å². The van der Waals surface area contributed by atoms with Gasteiger partial charge in [0.05, 0.1) is 0 Å². The molecule has 3 aromatic rings. The summed E-state index contributed by atoms with van der Waals surface area (Å²) in [5, 5.41) is 1.09. The van der Waals surface area contributed by atoms with Gasteiger partial charge in [-0.2, -0.15) is 0 Å². The molecule has 0 amide bonds. The SMILES string of the molecule is CC(=O)c1ccc2ccn(Cc3ccc(F)cc3)c2c1. The Kier molecular flexibility index (Phi) is 3.11. The van der Waals surface area contributed by atoms with Crippen LogP contribution in [0, 0.1) is 5.82 Å². The Morgan fingerprint density at radius 2 is 1.85 bits per heavy atom. The molecule has 3 rings (SSSR count). The summed E-state index contributed by atoms with van der Waals surface area (Å²) in [7, 11) is 0. The summed E-state index contributed by atoms with van der Waals surface area (Å²) in [5.41, 5.74) is 2.75. The van der Waals surface area contributed by atoms with Crippen molar-refractivity contribution in [1.29, 1.82) is 0 Å². The third-order valence-electron chi connectivity index (χ3n) is 3.45. The maximum absolute atomic E-state index is 12.9. The van der Waals surface area contributed by atoms with Crippen LogP contribution in [0.3, 0.4) is 0 Å². The molecule has 0 unspecified atom stereocenters. The fraction of sp³-hybridized carbons (Fsp3) is 0.118. The molecule has 0 atom stereocenters. The van der Waals surface area contributed by atoms with Gasteiger partial charge in [0, 0.05) is 23.8 Å². The fourth-order valence-corrected chi connectivity index (χ4v) is 2.33. The smallest absolute Gasteiger partial charge is 0.159 e. The summed E-state index contributed by atoms with van der Waals surface area (Å²) in [4.78, 5) is 11.5. The van der Waals surface area contributed by atoms with E-state index in [4.69, 9.17) is 0 Å². The van der Waals surface area contributed by atoms with Crippen molar-refractivity contribution in [3.63, 3.8) is 0 Å². The number of rotatable bonds is 3. The van der Waals surface area contributed by atoms with Gasteiger partial charge in [0.25, 0.3) is 0 Å². The van der Waals surface area contributed by atoms with Crippen LogP contribution in [0.15, 0.2) is 54.7 Å². The van der Waals surface area contributed by atoms with E-state index >= 15 is 0 Å². The van der Waals surface area contributed by atoms with E-state index in [9.17, 15) is 9.18 Å². The first kappa shape index (κ1) is 12.6. The maximum atomic E-state index is 12.9. The number of hydrogen-bond acceptors (Lipinski definition) is 1. The van der Waals surface area contributed by atoms with Gasteiger partial charge in [-0.15, -0.1) is 0 Å². The standard InChI is InChI=1S/C17H14FNO/c1-12(20)15-5-4-14-8-9-19(17(14)10-15)11-13-2-6-16(18)7-3-13/h2-10H,11H2,1H3. The van der Waals surface area contributed by atoms with Crippen molar-refractivity contribution in [2.24, 2.45) is 0 Å². The van der Waals surface area contributed by atoms with Gasteiger partial charge >= 0.3 is 0 Å². The molecule has 2 nitrogen and oxygen atoms in total. The first-order chi connectivity index (χ1) is 9.63. The van der Waals surface area contributed by atoms with E-state index in [1.54, 1.807) is 19.1 Å². The Balaban J connectivity index is 2.00. The number of carbonyl (C=O) groups excluding carboxylic acids is 1. The zero-order chi connectivity index (χ0) is 14.1. The molecular weight excluding hydrogens is 253 g/mol. The minimum absolute atomic E-state index is 0.0569. The van der Waals surface area contributed by atoms with Crippen molar-refractivity contribution in [2.45, 2.75) is 13.5 Å². The second kappa shape index (κ2) is 4.93. The first-order valence-electron chi connectivity index (χ1n) is 6.48. The quantitative estimate of drug-likeness (QED) is 0.657. The largest absolute Gasteiger partial charge is 0.343 e. The lowest BCUT2D eigenvalue weighted by atomic mass is 10.1. The molecule has 2 aromatic carbocycles. The lowest BCUT2D eigenvalue weighted by Gasteiger charge is -2.06. The molecule has 0 bridgehead atoms. The summed E-state index contributed by atoms with van der Waals surface area (Å²) < 4.78 is 15.0. The van der Waals surface area contributed by atoms with Crippen LogP contribution in [0.1, 0.15) is 22.8 Å². The van der Waals surface area contributed by atoms with Gasteiger partial charge in [0.15, 0.2) is 5.78 Å². The van der Waals surface area contributed by atoms with Crippen molar-refractivity contribution in [3.8, 4) is 0 Å². The Morgan fingerprint density at radius 3 is 2.55 bits per heavy atom. The number of fused-ring (bicyclic) bond motifs is 1. The molecule has 0 saturated carbocycles. The molecule has 0 aliphatic heterocycles. The number of aromatic nitrogens is 1. The Morgan fingerprint density at radius 1 is 1.10 bits per heavy atom. The van der Waals surface area contributed by atoms with E-state index in [-0.39, 0.29) is 11.6 Å². The van der Waals surface area contributed by atoms with E-state index in [2.05, 4.69) is 4.57 Å². The molecular formula is C17H14FNO. The van der Waals surface area contributed by atoms with Crippen LogP contribution in [-0.4, -0.2) is 10.4 Å². The van der Waals surface area contributed by atoms with Crippen molar-refractivity contribution in [2.75, 3.05) is 0 Å². The normalized spacial score (nSPS) is 10.9. The van der Waals surface area contributed by atoms with Gasteiger partial charge in [0.2, 0.25) is 0 Å². The van der Waals surface area contributed by atoms with E-state index in [0.29, 0.717) is 12.1 Å². The predicted octanol–water partition coefficient (Wildman–Crippen LogP) is 4.03. The average molecular weight is 267 g/mol. The molecule has 0 aliphatic rings. The molecule has 20 heavy (non-hydrogen) atoms. The zero-order valence-electron chi connectivity index (χ0n) is 11.1. The van der Waals surface area contributed by atoms with E-state index < -0.39 is 0 Å². The number of hydrogen-bond donors (Lipinski definition) is 0. The van der Waals surface area contributed by atoms with Gasteiger partial charge in [-0.05, 0) is 42.1 Å². The maximum Gasteiger partial charge on any atom is 0.159 e. The second-order valence-corrected chi connectivity index (χ2v) is 4.90. The monoisotopic (exact) mass is 267 g/mol. The third-order valence-corrected chi connectivity index (χ3v) is 3.45. The van der Waals surface area contributed by atoms with Crippen LogP contribution < -0.4 is 0 Å². The molecule has 0 saturated heterocycles. The van der Waals surface area contributed by atoms with E-state index in [1.165, 1.54) is 12.1 Å². The Labute approximate surface area is 116 Å². The molecule has 0 fully saturated rings. The summed E-state index contributed by atoms with van der Waals surface area (Å²) in [6, 6.07) is 14.2. The van der Waals surface area contributed by atoms with Crippen LogP contribution in [0.25, 0.3) is 10.9 Å². The molecule has 100 valence electrons. The van der Waals surface area contributed by atoms with Gasteiger partial charge in [-0.25, -0.2) is 4.39 Å². The zero-order valence-corrected chi connectivity index (χ0v) is 11.1. The average Bonchev–Trinajstić information content (AvgIpc) is 2.84. The Hall–Kier alpha value is -2.42. The fourth-order valence-electron chi connectivity index (χ4n) is 2.33. The minimum Gasteiger partial charge on any atom is -0.343 e. The van der Waals surface area contributed by atoms with E-state index in [1.807, 2.05) is 30.5 Å². The van der Waals surface area contributed by atoms with Crippen LogP contribution in [-0.2, 0) is 6.54 Å². The number of carbonyl (C=O) groups is 1. The van der Waals surface area contributed by atoms with Crippen LogP contribution >= 0.6 is 0 Å². The molecule has 0 radical (unpaired) electrons. The molecule has 1 aromatic heterocycles. The highest BCUT2D eigenvalue weighted by Crippen LogP contribution is 2.19.